The Morgan fingerprint density at radius 1 is 1.27 bits per heavy atom. The fourth-order valence-electron chi connectivity index (χ4n) is 4.33. The number of nitrogens with one attached hydrogen (secondary N) is 2. The van der Waals surface area contributed by atoms with E-state index in [4.69, 9.17) is 4.74 Å². The summed E-state index contributed by atoms with van der Waals surface area (Å²) in [5, 5.41) is 13.1. The molecule has 200 valence electrons. The number of hydrogen-bond acceptors (Lipinski definition) is 8. The van der Waals surface area contributed by atoms with Crippen LogP contribution in [0, 0.1) is 0 Å². The van der Waals surface area contributed by atoms with Crippen LogP contribution in [0.1, 0.15) is 10.4 Å². The van der Waals surface area contributed by atoms with E-state index in [0.717, 1.165) is 13.1 Å². The lowest BCUT2D eigenvalue weighted by Crippen LogP contribution is -2.50. The highest BCUT2D eigenvalue weighted by molar-refractivity contribution is 7.92. The van der Waals surface area contributed by atoms with Gasteiger partial charge in [-0.05, 0) is 37.4 Å². The van der Waals surface area contributed by atoms with Crippen molar-refractivity contribution in [1.29, 1.82) is 0 Å². The number of amides is 1. The van der Waals surface area contributed by atoms with Gasteiger partial charge in [-0.1, -0.05) is 6.08 Å². The molecular formula is C25H32ClN5O5S. The van der Waals surface area contributed by atoms with Gasteiger partial charge < -0.3 is 25.0 Å². The third-order valence-corrected chi connectivity index (χ3v) is 8.40. The van der Waals surface area contributed by atoms with Gasteiger partial charge in [-0.3, -0.25) is 14.7 Å². The summed E-state index contributed by atoms with van der Waals surface area (Å²) in [5.74, 6) is -0.388. The maximum Gasteiger partial charge on any atom is 0.251 e. The molecule has 1 saturated heterocycles. The third kappa shape index (κ3) is 5.97. The van der Waals surface area contributed by atoms with E-state index in [1.807, 2.05) is 11.9 Å². The molecule has 3 aromatic rings. The van der Waals surface area contributed by atoms with Gasteiger partial charge in [-0.25, -0.2) is 8.42 Å². The average molecular weight is 550 g/mol. The summed E-state index contributed by atoms with van der Waals surface area (Å²) >= 11 is 0. The molecule has 37 heavy (non-hydrogen) atoms. The molecule has 1 aromatic carbocycles. The van der Waals surface area contributed by atoms with Crippen LogP contribution in [0.4, 0.5) is 0 Å². The quantitative estimate of drug-likeness (QED) is 0.274. The van der Waals surface area contributed by atoms with Gasteiger partial charge in [-0.15, -0.1) is 19.0 Å². The van der Waals surface area contributed by atoms with Crippen LogP contribution in [-0.4, -0.2) is 98.1 Å². The summed E-state index contributed by atoms with van der Waals surface area (Å²) in [5.41, 5.74) is 1.81. The molecule has 12 heteroatoms. The number of pyridine rings is 1. The molecule has 10 nitrogen and oxygen atoms in total. The molecule has 1 aliphatic heterocycles. The van der Waals surface area contributed by atoms with Gasteiger partial charge in [0, 0.05) is 62.5 Å². The van der Waals surface area contributed by atoms with Gasteiger partial charge in [0.1, 0.15) is 5.37 Å². The second kappa shape index (κ2) is 12.1. The number of likely N-dealkylation sites (N-methyl/N-ethyl adjacent to an activating group) is 1. The zero-order chi connectivity index (χ0) is 25.9. The topological polar surface area (TPSA) is 128 Å². The average Bonchev–Trinajstić information content (AvgIpc) is 3.20. The molecule has 1 aliphatic rings. The number of sulfone groups is 1. The van der Waals surface area contributed by atoms with E-state index in [9.17, 15) is 18.3 Å². The molecule has 4 rings (SSSR count). The first kappa shape index (κ1) is 28.6. The molecule has 1 atom stereocenters. The van der Waals surface area contributed by atoms with E-state index in [1.165, 1.54) is 18.3 Å². The number of nitrogens with zero attached hydrogens (tertiary/aromatic N) is 3. The summed E-state index contributed by atoms with van der Waals surface area (Å²) in [7, 11) is -0.178. The minimum atomic E-state index is -3.74. The van der Waals surface area contributed by atoms with Crippen molar-refractivity contribution < 1.29 is 23.1 Å². The predicted octanol–water partition coefficient (Wildman–Crippen LogP) is 2.27. The lowest BCUT2D eigenvalue weighted by atomic mass is 10.1. The van der Waals surface area contributed by atoms with Gasteiger partial charge in [-0.2, -0.15) is 0 Å². The summed E-state index contributed by atoms with van der Waals surface area (Å²) in [6, 6.07) is 8.07. The van der Waals surface area contributed by atoms with Crippen LogP contribution >= 0.6 is 12.4 Å². The van der Waals surface area contributed by atoms with E-state index >= 15 is 0 Å². The number of aromatic amines is 1. The molecule has 0 bridgehead atoms. The van der Waals surface area contributed by atoms with E-state index in [2.05, 4.69) is 26.8 Å². The lowest BCUT2D eigenvalue weighted by molar-refractivity contribution is 0.0937. The zero-order valence-corrected chi connectivity index (χ0v) is 22.4. The Morgan fingerprint density at radius 2 is 2.00 bits per heavy atom. The monoisotopic (exact) mass is 549 g/mol. The van der Waals surface area contributed by atoms with Crippen LogP contribution in [0.2, 0.25) is 0 Å². The van der Waals surface area contributed by atoms with Crippen molar-refractivity contribution in [3.8, 4) is 17.1 Å². The number of benzene rings is 1. The van der Waals surface area contributed by atoms with Gasteiger partial charge in [0.15, 0.2) is 15.7 Å². The molecule has 0 radical (unpaired) electrons. The van der Waals surface area contributed by atoms with Gasteiger partial charge in [0.25, 0.3) is 5.91 Å². The fraction of sp³-hybridized carbons (Fsp3) is 0.360. The Bertz CT molecular complexity index is 1350. The van der Waals surface area contributed by atoms with Crippen LogP contribution in [-0.2, 0) is 14.6 Å². The molecule has 1 amide bonds. The van der Waals surface area contributed by atoms with Gasteiger partial charge in [0.05, 0.1) is 22.8 Å². The Hall–Kier alpha value is -2.96. The molecule has 2 aromatic heterocycles. The lowest BCUT2D eigenvalue weighted by Gasteiger charge is -2.36. The first-order chi connectivity index (χ1) is 17.3. The predicted molar refractivity (Wildman–Crippen MR) is 145 cm³/mol. The van der Waals surface area contributed by atoms with Gasteiger partial charge >= 0.3 is 0 Å². The Morgan fingerprint density at radius 3 is 2.62 bits per heavy atom. The minimum Gasteiger partial charge on any atom is -0.494 e. The fourth-order valence-corrected chi connectivity index (χ4v) is 5.92. The minimum absolute atomic E-state index is 0. The van der Waals surface area contributed by atoms with Crippen molar-refractivity contribution in [3.05, 3.63) is 54.7 Å². The normalized spacial score (nSPS) is 15.7. The molecule has 1 fully saturated rings. The number of carbonyl (C=O) groups excluding carboxylic acids is 1. The number of hydrogen-bond donors (Lipinski definition) is 3. The standard InChI is InChI=1S/C25H31N5O5S.ClH/c1-4-22(30-12-10-29(2)11-13-30)36(33,34)18-6-8-21(27-16-18)23-19-15-17(24(31)26-9-14-35-3)5-7-20(19)28-25(23)32;/h4-8,15-16,22,28,32H,1,9-14H2,2-3H3,(H,26,31);1H. The van der Waals surface area contributed by atoms with Crippen LogP contribution in [0.5, 0.6) is 5.88 Å². The van der Waals surface area contributed by atoms with Crippen LogP contribution < -0.4 is 5.32 Å². The molecule has 3 N–H and O–H groups in total. The van der Waals surface area contributed by atoms with Crippen molar-refractivity contribution in [1.82, 2.24) is 25.1 Å². The highest BCUT2D eigenvalue weighted by atomic mass is 35.5. The number of halogens is 1. The zero-order valence-electron chi connectivity index (χ0n) is 20.8. The second-order valence-corrected chi connectivity index (χ2v) is 10.8. The van der Waals surface area contributed by atoms with Crippen LogP contribution in [0.25, 0.3) is 22.2 Å². The molecule has 1 unspecified atom stereocenters. The number of piperazine rings is 1. The molecular weight excluding hydrogens is 518 g/mol. The van der Waals surface area contributed by atoms with Crippen LogP contribution in [0.3, 0.4) is 0 Å². The SMILES string of the molecule is C=CC(N1CCN(C)CC1)S(=O)(=O)c1ccc(-c2c(O)[nH]c3ccc(C(=O)NCCOC)cc23)nc1.Cl. The number of methoxy groups -OCH3 is 1. The van der Waals surface area contributed by atoms with Crippen LogP contribution in [0.15, 0.2) is 54.1 Å². The van der Waals surface area contributed by atoms with Gasteiger partial charge in [0.2, 0.25) is 0 Å². The van der Waals surface area contributed by atoms with E-state index < -0.39 is 15.2 Å². The number of aromatic nitrogens is 2. The Kier molecular flexibility index (Phi) is 9.32. The second-order valence-electron chi connectivity index (χ2n) is 8.75. The highest BCUT2D eigenvalue weighted by Gasteiger charge is 2.32. The maximum absolute atomic E-state index is 13.4. The smallest absolute Gasteiger partial charge is 0.251 e. The number of aromatic hydroxyl groups is 1. The first-order valence-electron chi connectivity index (χ1n) is 11.6. The summed E-state index contributed by atoms with van der Waals surface area (Å²) in [4.78, 5) is 23.9. The molecule has 0 saturated carbocycles. The number of ether oxygens (including phenoxy) is 1. The summed E-state index contributed by atoms with van der Waals surface area (Å²) < 4.78 is 31.7. The van der Waals surface area contributed by atoms with Crippen molar-refractivity contribution in [2.45, 2.75) is 10.3 Å². The highest BCUT2D eigenvalue weighted by Crippen LogP contribution is 2.36. The number of H-pyrrole nitrogens is 1. The van der Waals surface area contributed by atoms with Crippen molar-refractivity contribution in [2.75, 3.05) is 53.5 Å². The number of carbonyl (C=O) groups is 1. The molecule has 3 heterocycles. The maximum atomic E-state index is 13.4. The van der Waals surface area contributed by atoms with E-state index in [0.29, 0.717) is 54.0 Å². The summed E-state index contributed by atoms with van der Waals surface area (Å²) in [6.45, 7) is 7.35. The number of fused-ring (bicyclic) bond motifs is 1. The molecule has 0 spiro atoms. The van der Waals surface area contributed by atoms with E-state index in [-0.39, 0.29) is 29.1 Å². The largest absolute Gasteiger partial charge is 0.494 e. The Balaban J connectivity index is 0.00000380. The van der Waals surface area contributed by atoms with Crippen molar-refractivity contribution in [3.63, 3.8) is 0 Å². The Labute approximate surface area is 222 Å². The third-order valence-electron chi connectivity index (χ3n) is 6.37. The van der Waals surface area contributed by atoms with Crippen molar-refractivity contribution in [2.24, 2.45) is 0 Å². The molecule has 0 aliphatic carbocycles. The first-order valence-corrected chi connectivity index (χ1v) is 13.2. The summed E-state index contributed by atoms with van der Waals surface area (Å²) in [6.07, 6.45) is 2.76. The number of rotatable bonds is 9. The van der Waals surface area contributed by atoms with E-state index in [1.54, 1.807) is 31.4 Å². The van der Waals surface area contributed by atoms with Crippen molar-refractivity contribution >= 4 is 39.1 Å².